The third kappa shape index (κ3) is 1.54. The van der Waals surface area contributed by atoms with E-state index in [4.69, 9.17) is 0 Å². The first-order chi connectivity index (χ1) is 8.53. The molecular weight excluding hydrogens is 232 g/mol. The summed E-state index contributed by atoms with van der Waals surface area (Å²) < 4.78 is 0. The molecule has 2 rings (SSSR count). The molecule has 5 heteroatoms. The van der Waals surface area contributed by atoms with Gasteiger partial charge in [-0.05, 0) is 5.56 Å². The predicted molar refractivity (Wildman–Crippen MR) is 62.3 cm³/mol. The maximum Gasteiger partial charge on any atom is 0.327 e. The Morgan fingerprint density at radius 1 is 1.50 bits per heavy atom. The van der Waals surface area contributed by atoms with E-state index in [2.05, 4.69) is 0 Å². The van der Waals surface area contributed by atoms with E-state index in [1.807, 2.05) is 6.07 Å². The Kier molecular flexibility index (Phi) is 2.79. The highest BCUT2D eigenvalue weighted by atomic mass is 16.4. The Balaban J connectivity index is 2.58. The molecule has 1 aliphatic rings. The lowest BCUT2D eigenvalue weighted by Crippen LogP contribution is -2.36. The van der Waals surface area contributed by atoms with Gasteiger partial charge in [0.2, 0.25) is 5.91 Å². The standard InChI is InChI=1S/C13H12N2O3/c1-15-10(16)7-13(8-14,12(17)18)11(15)9-5-3-2-4-6-9/h2-6,11H,7H2,1H3,(H,17,18)/t11-,13+/m1/s1. The summed E-state index contributed by atoms with van der Waals surface area (Å²) >= 11 is 0. The molecule has 92 valence electrons. The number of carboxylic acids is 1. The summed E-state index contributed by atoms with van der Waals surface area (Å²) in [5.74, 6) is -1.58. The van der Waals surface area contributed by atoms with Crippen LogP contribution in [0.15, 0.2) is 30.3 Å². The quantitative estimate of drug-likeness (QED) is 0.847. The Hall–Kier alpha value is -2.35. The molecule has 0 unspecified atom stereocenters. The molecule has 0 spiro atoms. The molecule has 1 aromatic carbocycles. The second kappa shape index (κ2) is 4.15. The largest absolute Gasteiger partial charge is 0.480 e. The number of rotatable bonds is 2. The number of carbonyl (C=O) groups is 2. The third-order valence-corrected chi connectivity index (χ3v) is 3.37. The number of benzene rings is 1. The second-order valence-corrected chi connectivity index (χ2v) is 4.38. The molecule has 1 aliphatic heterocycles. The summed E-state index contributed by atoms with van der Waals surface area (Å²) in [6, 6.07) is 9.86. The van der Waals surface area contributed by atoms with Crippen LogP contribution in [0.3, 0.4) is 0 Å². The summed E-state index contributed by atoms with van der Waals surface area (Å²) in [4.78, 5) is 24.5. The van der Waals surface area contributed by atoms with Crippen molar-refractivity contribution in [1.29, 1.82) is 5.26 Å². The fourth-order valence-corrected chi connectivity index (χ4v) is 2.42. The van der Waals surface area contributed by atoms with Crippen LogP contribution in [-0.2, 0) is 9.59 Å². The molecule has 1 heterocycles. The van der Waals surface area contributed by atoms with Crippen LogP contribution in [0.25, 0.3) is 0 Å². The Morgan fingerprint density at radius 3 is 2.61 bits per heavy atom. The van der Waals surface area contributed by atoms with Crippen LogP contribution >= 0.6 is 0 Å². The maximum atomic E-state index is 11.7. The van der Waals surface area contributed by atoms with Gasteiger partial charge in [0.05, 0.1) is 18.5 Å². The highest BCUT2D eigenvalue weighted by Crippen LogP contribution is 2.46. The molecule has 1 aromatic rings. The number of hydrogen-bond donors (Lipinski definition) is 1. The van der Waals surface area contributed by atoms with Crippen molar-refractivity contribution in [3.8, 4) is 6.07 Å². The minimum absolute atomic E-state index is 0.283. The van der Waals surface area contributed by atoms with E-state index in [9.17, 15) is 20.0 Å². The Morgan fingerprint density at radius 2 is 2.11 bits per heavy atom. The predicted octanol–water partition coefficient (Wildman–Crippen LogP) is 1.18. The minimum Gasteiger partial charge on any atom is -0.480 e. The zero-order chi connectivity index (χ0) is 13.3. The van der Waals surface area contributed by atoms with Crippen LogP contribution in [-0.4, -0.2) is 28.9 Å². The molecule has 1 amide bonds. The molecule has 1 N–H and O–H groups in total. The van der Waals surface area contributed by atoms with Crippen LogP contribution in [0.1, 0.15) is 18.0 Å². The normalized spacial score (nSPS) is 27.0. The molecule has 5 nitrogen and oxygen atoms in total. The van der Waals surface area contributed by atoms with Gasteiger partial charge >= 0.3 is 5.97 Å². The molecule has 0 saturated carbocycles. The van der Waals surface area contributed by atoms with Crippen molar-refractivity contribution in [2.75, 3.05) is 7.05 Å². The molecule has 0 bridgehead atoms. The molecule has 0 aromatic heterocycles. The van der Waals surface area contributed by atoms with Gasteiger partial charge in [0, 0.05) is 7.05 Å². The second-order valence-electron chi connectivity index (χ2n) is 4.38. The van der Waals surface area contributed by atoms with Crippen molar-refractivity contribution in [2.45, 2.75) is 12.5 Å². The number of nitrogens with zero attached hydrogens (tertiary/aromatic N) is 2. The summed E-state index contributed by atoms with van der Waals surface area (Å²) in [6.45, 7) is 0. The van der Waals surface area contributed by atoms with E-state index < -0.39 is 17.4 Å². The van der Waals surface area contributed by atoms with Crippen molar-refractivity contribution in [1.82, 2.24) is 4.90 Å². The van der Waals surface area contributed by atoms with Crippen molar-refractivity contribution < 1.29 is 14.7 Å². The van der Waals surface area contributed by atoms with E-state index in [1.54, 1.807) is 30.3 Å². The zero-order valence-electron chi connectivity index (χ0n) is 9.83. The van der Waals surface area contributed by atoms with Crippen molar-refractivity contribution >= 4 is 11.9 Å². The van der Waals surface area contributed by atoms with Gasteiger partial charge in [0.1, 0.15) is 0 Å². The number of carboxylic acid groups (broad SMARTS) is 1. The highest BCUT2D eigenvalue weighted by molar-refractivity contribution is 5.92. The molecule has 1 fully saturated rings. The number of amides is 1. The van der Waals surface area contributed by atoms with Crippen molar-refractivity contribution in [2.24, 2.45) is 5.41 Å². The number of carbonyl (C=O) groups excluding carboxylic acids is 1. The van der Waals surface area contributed by atoms with Crippen LogP contribution in [0.2, 0.25) is 0 Å². The highest BCUT2D eigenvalue weighted by Gasteiger charge is 2.57. The SMILES string of the molecule is CN1C(=O)C[C@@](C#N)(C(=O)O)[C@H]1c1ccccc1. The van der Waals surface area contributed by atoms with E-state index in [-0.39, 0.29) is 12.3 Å². The molecule has 0 radical (unpaired) electrons. The minimum atomic E-state index is -1.70. The van der Waals surface area contributed by atoms with Gasteiger partial charge in [0.25, 0.3) is 0 Å². The first kappa shape index (κ1) is 12.1. The van der Waals surface area contributed by atoms with Crippen LogP contribution < -0.4 is 0 Å². The average molecular weight is 244 g/mol. The fourth-order valence-electron chi connectivity index (χ4n) is 2.42. The van der Waals surface area contributed by atoms with Gasteiger partial charge < -0.3 is 10.0 Å². The van der Waals surface area contributed by atoms with Gasteiger partial charge in [-0.15, -0.1) is 0 Å². The summed E-state index contributed by atoms with van der Waals surface area (Å²) in [5.41, 5.74) is -1.04. The van der Waals surface area contributed by atoms with Gasteiger partial charge in [-0.3, -0.25) is 9.59 Å². The van der Waals surface area contributed by atoms with E-state index in [0.29, 0.717) is 5.56 Å². The molecule has 18 heavy (non-hydrogen) atoms. The van der Waals surface area contributed by atoms with Gasteiger partial charge in [-0.2, -0.15) is 5.26 Å². The van der Waals surface area contributed by atoms with Gasteiger partial charge in [-0.25, -0.2) is 0 Å². The number of hydrogen-bond acceptors (Lipinski definition) is 3. The topological polar surface area (TPSA) is 81.4 Å². The Bertz CT molecular complexity index is 535. The van der Waals surface area contributed by atoms with Gasteiger partial charge in [0.15, 0.2) is 5.41 Å². The summed E-state index contributed by atoms with van der Waals surface area (Å²) in [6.07, 6.45) is -0.283. The smallest absolute Gasteiger partial charge is 0.327 e. The third-order valence-electron chi connectivity index (χ3n) is 3.37. The van der Waals surface area contributed by atoms with E-state index >= 15 is 0 Å². The lowest BCUT2D eigenvalue weighted by atomic mass is 9.78. The maximum absolute atomic E-state index is 11.7. The molecular formula is C13H12N2O3. The van der Waals surface area contributed by atoms with Crippen LogP contribution in [0, 0.1) is 16.7 Å². The van der Waals surface area contributed by atoms with Crippen molar-refractivity contribution in [3.63, 3.8) is 0 Å². The zero-order valence-corrected chi connectivity index (χ0v) is 9.83. The monoisotopic (exact) mass is 244 g/mol. The number of aliphatic carboxylic acids is 1. The van der Waals surface area contributed by atoms with E-state index in [0.717, 1.165) is 0 Å². The average Bonchev–Trinajstić information content (AvgIpc) is 2.64. The number of nitriles is 1. The summed E-state index contributed by atoms with van der Waals surface area (Å²) in [5, 5.41) is 18.6. The van der Waals surface area contributed by atoms with Gasteiger partial charge in [-0.1, -0.05) is 30.3 Å². The molecule has 2 atom stereocenters. The van der Waals surface area contributed by atoms with Crippen molar-refractivity contribution in [3.05, 3.63) is 35.9 Å². The molecule has 1 saturated heterocycles. The fraction of sp³-hybridized carbons (Fsp3) is 0.308. The first-order valence-corrected chi connectivity index (χ1v) is 5.48. The lowest BCUT2D eigenvalue weighted by Gasteiger charge is -2.28. The molecule has 0 aliphatic carbocycles. The summed E-state index contributed by atoms with van der Waals surface area (Å²) in [7, 11) is 1.53. The van der Waals surface area contributed by atoms with E-state index in [1.165, 1.54) is 11.9 Å². The Labute approximate surface area is 104 Å². The first-order valence-electron chi connectivity index (χ1n) is 5.48. The number of likely N-dealkylation sites (tertiary alicyclic amines) is 1. The van der Waals surface area contributed by atoms with Crippen LogP contribution in [0.5, 0.6) is 0 Å². The van der Waals surface area contributed by atoms with Crippen LogP contribution in [0.4, 0.5) is 0 Å². The lowest BCUT2D eigenvalue weighted by molar-refractivity contribution is -0.147.